The summed E-state index contributed by atoms with van der Waals surface area (Å²) in [7, 11) is 0. The zero-order valence-corrected chi connectivity index (χ0v) is 12.7. The Morgan fingerprint density at radius 3 is 2.35 bits per heavy atom. The van der Waals surface area contributed by atoms with Crippen LogP contribution in [0.2, 0.25) is 0 Å². The number of primary amides is 1. The molecule has 1 aliphatic rings. The van der Waals surface area contributed by atoms with Crippen LogP contribution in [0.25, 0.3) is 0 Å². The standard InChI is InChI=1S/C14H26N2O4/c1-14(2,3)20-13(18)16-8-6-11(7-9-16)19-10-4-5-12(15)17/h11H,4-10H2,1-3H3,(H2,15,17). The number of likely N-dealkylation sites (tertiary alicyclic amines) is 1. The maximum atomic E-state index is 11.9. The zero-order valence-electron chi connectivity index (χ0n) is 12.7. The van der Waals surface area contributed by atoms with E-state index in [1.54, 1.807) is 4.90 Å². The van der Waals surface area contributed by atoms with Crippen molar-refractivity contribution < 1.29 is 19.1 Å². The normalized spacial score (nSPS) is 17.1. The Kier molecular flexibility index (Phi) is 6.26. The van der Waals surface area contributed by atoms with Crippen LogP contribution < -0.4 is 5.73 Å². The molecule has 1 saturated heterocycles. The smallest absolute Gasteiger partial charge is 0.410 e. The van der Waals surface area contributed by atoms with E-state index in [4.69, 9.17) is 15.2 Å². The van der Waals surface area contributed by atoms with Crippen molar-refractivity contribution in [1.82, 2.24) is 4.90 Å². The van der Waals surface area contributed by atoms with Crippen molar-refractivity contribution in [3.05, 3.63) is 0 Å². The zero-order chi connectivity index (χ0) is 15.2. The minimum absolute atomic E-state index is 0.154. The maximum Gasteiger partial charge on any atom is 0.410 e. The van der Waals surface area contributed by atoms with Crippen molar-refractivity contribution in [2.75, 3.05) is 19.7 Å². The van der Waals surface area contributed by atoms with Gasteiger partial charge < -0.3 is 20.1 Å². The second-order valence-corrected chi connectivity index (χ2v) is 6.11. The van der Waals surface area contributed by atoms with Crippen LogP contribution in [-0.2, 0) is 14.3 Å². The fraction of sp³-hybridized carbons (Fsp3) is 0.857. The van der Waals surface area contributed by atoms with E-state index in [1.165, 1.54) is 0 Å². The van der Waals surface area contributed by atoms with E-state index in [1.807, 2.05) is 20.8 Å². The van der Waals surface area contributed by atoms with E-state index in [-0.39, 0.29) is 18.1 Å². The molecule has 0 atom stereocenters. The topological polar surface area (TPSA) is 81.9 Å². The van der Waals surface area contributed by atoms with Crippen molar-refractivity contribution in [2.45, 2.75) is 58.2 Å². The largest absolute Gasteiger partial charge is 0.444 e. The molecule has 6 nitrogen and oxygen atoms in total. The first kappa shape index (κ1) is 16.8. The fourth-order valence-corrected chi connectivity index (χ4v) is 2.03. The van der Waals surface area contributed by atoms with E-state index >= 15 is 0 Å². The predicted octanol–water partition coefficient (Wildman–Crippen LogP) is 1.67. The molecule has 1 rings (SSSR count). The number of carbonyl (C=O) groups is 2. The van der Waals surface area contributed by atoms with Gasteiger partial charge in [0.1, 0.15) is 5.60 Å². The molecular weight excluding hydrogens is 260 g/mol. The third-order valence-corrected chi connectivity index (χ3v) is 3.01. The van der Waals surface area contributed by atoms with Gasteiger partial charge in [0.2, 0.25) is 5.91 Å². The van der Waals surface area contributed by atoms with Gasteiger partial charge in [0, 0.05) is 26.1 Å². The number of hydrogen-bond donors (Lipinski definition) is 1. The van der Waals surface area contributed by atoms with Gasteiger partial charge in [-0.25, -0.2) is 4.79 Å². The van der Waals surface area contributed by atoms with Crippen molar-refractivity contribution in [3.8, 4) is 0 Å². The molecule has 0 radical (unpaired) electrons. The van der Waals surface area contributed by atoms with Gasteiger partial charge in [0.05, 0.1) is 6.10 Å². The summed E-state index contributed by atoms with van der Waals surface area (Å²) >= 11 is 0. The molecule has 0 aromatic carbocycles. The van der Waals surface area contributed by atoms with Gasteiger partial charge in [-0.3, -0.25) is 4.79 Å². The van der Waals surface area contributed by atoms with Crippen LogP contribution in [0.3, 0.4) is 0 Å². The lowest BCUT2D eigenvalue weighted by atomic mass is 10.1. The number of ether oxygens (including phenoxy) is 2. The van der Waals surface area contributed by atoms with Crippen molar-refractivity contribution in [1.29, 1.82) is 0 Å². The Hall–Kier alpha value is -1.30. The molecule has 0 aromatic heterocycles. The Bertz CT molecular complexity index is 331. The molecule has 0 bridgehead atoms. The first-order valence-electron chi connectivity index (χ1n) is 7.16. The average Bonchev–Trinajstić information content (AvgIpc) is 2.33. The number of nitrogens with zero attached hydrogens (tertiary/aromatic N) is 1. The van der Waals surface area contributed by atoms with Crippen molar-refractivity contribution in [2.24, 2.45) is 5.73 Å². The molecule has 1 fully saturated rings. The van der Waals surface area contributed by atoms with Gasteiger partial charge in [-0.1, -0.05) is 0 Å². The highest BCUT2D eigenvalue weighted by molar-refractivity contribution is 5.73. The summed E-state index contributed by atoms with van der Waals surface area (Å²) in [5, 5.41) is 0. The molecule has 2 N–H and O–H groups in total. The van der Waals surface area contributed by atoms with Crippen molar-refractivity contribution >= 4 is 12.0 Å². The number of rotatable bonds is 5. The van der Waals surface area contributed by atoms with E-state index in [9.17, 15) is 9.59 Å². The van der Waals surface area contributed by atoms with Gasteiger partial charge >= 0.3 is 6.09 Å². The molecule has 0 aliphatic carbocycles. The third-order valence-electron chi connectivity index (χ3n) is 3.01. The summed E-state index contributed by atoms with van der Waals surface area (Å²) in [5.41, 5.74) is 4.60. The Morgan fingerprint density at radius 2 is 1.85 bits per heavy atom. The van der Waals surface area contributed by atoms with E-state index in [0.29, 0.717) is 32.5 Å². The maximum absolute atomic E-state index is 11.9. The van der Waals surface area contributed by atoms with Crippen LogP contribution in [-0.4, -0.2) is 48.3 Å². The molecule has 0 spiro atoms. The lowest BCUT2D eigenvalue weighted by Crippen LogP contribution is -2.43. The molecule has 20 heavy (non-hydrogen) atoms. The molecule has 0 saturated carbocycles. The summed E-state index contributed by atoms with van der Waals surface area (Å²) in [6.45, 7) is 7.42. The van der Waals surface area contributed by atoms with Crippen LogP contribution >= 0.6 is 0 Å². The van der Waals surface area contributed by atoms with E-state index in [2.05, 4.69) is 0 Å². The van der Waals surface area contributed by atoms with Crippen LogP contribution in [0, 0.1) is 0 Å². The first-order chi connectivity index (χ1) is 9.28. The quantitative estimate of drug-likeness (QED) is 0.779. The van der Waals surface area contributed by atoms with Gasteiger partial charge in [0.15, 0.2) is 0 Å². The highest BCUT2D eigenvalue weighted by Crippen LogP contribution is 2.17. The second-order valence-electron chi connectivity index (χ2n) is 6.11. The number of amides is 2. The SMILES string of the molecule is CC(C)(C)OC(=O)N1CCC(OCCCC(N)=O)CC1. The summed E-state index contributed by atoms with van der Waals surface area (Å²) in [6, 6.07) is 0. The second kappa shape index (κ2) is 7.47. The molecule has 0 unspecified atom stereocenters. The van der Waals surface area contributed by atoms with E-state index in [0.717, 1.165) is 12.8 Å². The lowest BCUT2D eigenvalue weighted by molar-refractivity contribution is -0.118. The molecule has 1 heterocycles. The molecule has 116 valence electrons. The summed E-state index contributed by atoms with van der Waals surface area (Å²) in [5.74, 6) is -0.298. The Labute approximate surface area is 120 Å². The third kappa shape index (κ3) is 6.75. The molecule has 2 amide bonds. The summed E-state index contributed by atoms with van der Waals surface area (Å²) in [6.07, 6.45) is 2.51. The number of nitrogens with two attached hydrogens (primary N) is 1. The van der Waals surface area contributed by atoms with Gasteiger partial charge in [-0.05, 0) is 40.0 Å². The molecule has 1 aliphatic heterocycles. The Morgan fingerprint density at radius 1 is 1.25 bits per heavy atom. The van der Waals surface area contributed by atoms with Crippen LogP contribution in [0.4, 0.5) is 4.79 Å². The summed E-state index contributed by atoms with van der Waals surface area (Å²) < 4.78 is 11.0. The number of piperidine rings is 1. The van der Waals surface area contributed by atoms with Crippen LogP contribution in [0.5, 0.6) is 0 Å². The monoisotopic (exact) mass is 286 g/mol. The van der Waals surface area contributed by atoms with E-state index < -0.39 is 5.60 Å². The minimum atomic E-state index is -0.459. The van der Waals surface area contributed by atoms with Crippen molar-refractivity contribution in [3.63, 3.8) is 0 Å². The molecule has 0 aromatic rings. The van der Waals surface area contributed by atoms with Gasteiger partial charge in [0.25, 0.3) is 0 Å². The predicted molar refractivity (Wildman–Crippen MR) is 75.2 cm³/mol. The number of carbonyl (C=O) groups excluding carboxylic acids is 2. The first-order valence-corrected chi connectivity index (χ1v) is 7.16. The molecular formula is C14H26N2O4. The average molecular weight is 286 g/mol. The fourth-order valence-electron chi connectivity index (χ4n) is 2.03. The van der Waals surface area contributed by atoms with Crippen LogP contribution in [0.15, 0.2) is 0 Å². The summed E-state index contributed by atoms with van der Waals surface area (Å²) in [4.78, 5) is 24.2. The number of hydrogen-bond acceptors (Lipinski definition) is 4. The highest BCUT2D eigenvalue weighted by Gasteiger charge is 2.26. The van der Waals surface area contributed by atoms with Gasteiger partial charge in [-0.15, -0.1) is 0 Å². The minimum Gasteiger partial charge on any atom is -0.444 e. The van der Waals surface area contributed by atoms with Crippen LogP contribution in [0.1, 0.15) is 46.5 Å². The Balaban J connectivity index is 2.19. The lowest BCUT2D eigenvalue weighted by Gasteiger charge is -2.33. The molecule has 6 heteroatoms. The van der Waals surface area contributed by atoms with Gasteiger partial charge in [-0.2, -0.15) is 0 Å². The highest BCUT2D eigenvalue weighted by atomic mass is 16.6.